The maximum absolute atomic E-state index is 12.4. The van der Waals surface area contributed by atoms with Crippen molar-refractivity contribution in [2.75, 3.05) is 33.1 Å². The lowest BCUT2D eigenvalue weighted by Gasteiger charge is -2.50. The highest BCUT2D eigenvalue weighted by atomic mass is 32.0. The first-order chi connectivity index (χ1) is 25.5. The summed E-state index contributed by atoms with van der Waals surface area (Å²) in [6.45, 7) is 2.62. The van der Waals surface area contributed by atoms with E-state index in [4.69, 9.17) is 37.7 Å². The van der Waals surface area contributed by atoms with Crippen LogP contribution < -0.4 is 10.6 Å². The minimum absolute atomic E-state index is 0.530. The Morgan fingerprint density at radius 3 is 1.50 bits per heavy atom. The number of hydrogen-bond acceptors (Lipinski definition) is 20. The van der Waals surface area contributed by atoms with Crippen molar-refractivity contribution in [2.45, 2.75) is 137 Å². The second-order valence-corrected chi connectivity index (χ2v) is 17.1. The molecule has 0 radical (unpaired) electrons. The van der Waals surface area contributed by atoms with E-state index in [1.54, 1.807) is 13.6 Å². The summed E-state index contributed by atoms with van der Waals surface area (Å²) < 4.78 is 47.1. The van der Waals surface area contributed by atoms with Gasteiger partial charge >= 0.3 is 0 Å². The van der Waals surface area contributed by atoms with E-state index in [0.29, 0.717) is 0 Å². The van der Waals surface area contributed by atoms with E-state index in [2.05, 4.69) is 19.6 Å². The zero-order chi connectivity index (χ0) is 40.2. The molecule has 0 spiro atoms. The molecule has 0 aliphatic carbocycles. The van der Waals surface area contributed by atoms with Crippen LogP contribution in [-0.2, 0) is 47.3 Å². The van der Waals surface area contributed by atoms with Crippen LogP contribution in [0.3, 0.4) is 0 Å². The van der Waals surface area contributed by atoms with Crippen LogP contribution in [0.4, 0.5) is 0 Å². The molecule has 2 amide bonds. The Morgan fingerprint density at radius 2 is 1.00 bits per heavy atom. The molecule has 22 atom stereocenters. The van der Waals surface area contributed by atoms with Gasteiger partial charge in [-0.15, -0.1) is 0 Å². The predicted molar refractivity (Wildman–Crippen MR) is 182 cm³/mol. The van der Waals surface area contributed by atoms with Crippen molar-refractivity contribution in [3.05, 3.63) is 0 Å². The lowest BCUT2D eigenvalue weighted by atomic mass is 9.89. The van der Waals surface area contributed by atoms with Crippen LogP contribution in [0.25, 0.3) is 0 Å². The molecule has 0 bridgehead atoms. The molecule has 4 saturated heterocycles. The molecule has 10 unspecified atom stereocenters. The second-order valence-electron chi connectivity index (χ2n) is 13.6. The van der Waals surface area contributed by atoms with Crippen molar-refractivity contribution in [1.82, 2.24) is 10.6 Å². The number of aliphatic hydroxyl groups is 10. The van der Waals surface area contributed by atoms with Gasteiger partial charge in [0.2, 0.25) is 11.8 Å². The number of aliphatic hydroxyl groups excluding tert-OH is 10. The smallest absolute Gasteiger partial charge is 0.217 e. The van der Waals surface area contributed by atoms with Crippen LogP contribution >= 0.6 is 16.8 Å². The molecule has 0 aromatic heterocycles. The molecule has 54 heavy (non-hydrogen) atoms. The molecule has 4 aliphatic rings. The highest BCUT2D eigenvalue weighted by molar-refractivity contribution is 8.10. The number of nitrogens with one attached hydrogen (secondary N) is 2. The summed E-state index contributed by atoms with van der Waals surface area (Å²) >= 11 is 0. The average Bonchev–Trinajstić information content (AvgIpc) is 3.12. The molecule has 4 aliphatic heterocycles. The zero-order valence-electron chi connectivity index (χ0n) is 30.0. The van der Waals surface area contributed by atoms with Crippen molar-refractivity contribution >= 4 is 28.6 Å². The fraction of sp³-hybridized carbons (Fsp3) is 0.933. The molecule has 24 heteroatoms. The predicted octanol–water partition coefficient (Wildman–Crippen LogP) is -6.34. The molecule has 22 nitrogen and oxygen atoms in total. The van der Waals surface area contributed by atoms with Gasteiger partial charge in [0.15, 0.2) is 25.2 Å². The summed E-state index contributed by atoms with van der Waals surface area (Å²) in [7, 11) is 1.12. The molecule has 0 saturated carbocycles. The topological polar surface area (TPSA) is 334 Å². The summed E-state index contributed by atoms with van der Waals surface area (Å²) in [6, 6.07) is -2.75. The van der Waals surface area contributed by atoms with Gasteiger partial charge in [-0.3, -0.25) is 9.59 Å². The standard InChI is InChI=1S/C30H54N2O20P2/c1-9-12(5-33)45-27(16(18(9)39)31-10(2)37)51-26-23(44)25(15(8-36)48-30(26)52-54(4)53)49-28-17(32-11(3)38)20(41)24(14(7-35)47-28)50-29-22(43)21(42)19(40)13(6-34)46-29/h9,12-30,33-36,39-44H,5-8,53H2,1-4H3,(H,31,37)(H,32,38)/t9-,12?,13?,14?,15?,16?,17?,18+,19+,20-,21+,22?,23+,24-,25-,26?,27+,28+,29+,30-,54?/m1/s1. The summed E-state index contributed by atoms with van der Waals surface area (Å²) in [4.78, 5) is 24.5. The first-order valence-corrected chi connectivity index (χ1v) is 20.6. The van der Waals surface area contributed by atoms with E-state index in [1.807, 2.05) is 0 Å². The van der Waals surface area contributed by atoms with Gasteiger partial charge in [-0.2, -0.15) is 0 Å². The number of rotatable bonds is 14. The van der Waals surface area contributed by atoms with Gasteiger partial charge in [0.1, 0.15) is 79.2 Å². The molecular weight excluding hydrogens is 770 g/mol. The Bertz CT molecular complexity index is 1210. The number of carbonyl (C=O) groups excluding carboxylic acids is 2. The molecule has 12 N–H and O–H groups in total. The Kier molecular flexibility index (Phi) is 17.1. The monoisotopic (exact) mass is 824 g/mol. The maximum atomic E-state index is 12.4. The van der Waals surface area contributed by atoms with Gasteiger partial charge in [0, 0.05) is 27.6 Å². The van der Waals surface area contributed by atoms with Crippen LogP contribution in [0.5, 0.6) is 0 Å². The second kappa shape index (κ2) is 20.2. The Balaban J connectivity index is 1.63. The summed E-state index contributed by atoms with van der Waals surface area (Å²) in [5, 5.41) is 111. The first-order valence-electron chi connectivity index (χ1n) is 17.3. The Labute approximate surface area is 313 Å². The van der Waals surface area contributed by atoms with E-state index < -0.39 is 169 Å². The van der Waals surface area contributed by atoms with Crippen molar-refractivity contribution in [3.63, 3.8) is 0 Å². The fourth-order valence-corrected chi connectivity index (χ4v) is 7.65. The summed E-state index contributed by atoms with van der Waals surface area (Å²) in [5.41, 5.74) is 0. The highest BCUT2D eigenvalue weighted by Gasteiger charge is 2.56. The molecule has 4 fully saturated rings. The minimum Gasteiger partial charge on any atom is -0.394 e. The van der Waals surface area contributed by atoms with E-state index in [1.165, 1.54) is 6.92 Å². The number of amides is 2. The number of ether oxygens (including phenoxy) is 7. The van der Waals surface area contributed by atoms with Gasteiger partial charge in [0.05, 0.1) is 38.6 Å². The molecule has 0 aromatic carbocycles. The van der Waals surface area contributed by atoms with Crippen LogP contribution in [0.2, 0.25) is 0 Å². The van der Waals surface area contributed by atoms with E-state index >= 15 is 0 Å². The molecule has 0 aromatic rings. The van der Waals surface area contributed by atoms with E-state index in [0.717, 1.165) is 6.92 Å². The molecule has 4 heterocycles. The molecule has 4 rings (SSSR count). The van der Waals surface area contributed by atoms with Crippen LogP contribution in [0, 0.1) is 5.92 Å². The van der Waals surface area contributed by atoms with Gasteiger partial charge < -0.3 is 99.4 Å². The third-order valence-electron chi connectivity index (χ3n) is 9.66. The SMILES string of the molecule is CC(=O)NC1[C@H](OC2[C@@H](OP(C)P)OC(CO)[C@@H](O[C@@H]3OC(CO)[C@@H](O[C@@H]4OC(CO)[C@H](O)[C@H](O)C4O)[C@H](O)C3NC(C)=O)[C@@H]2O)OC(CO)[C@@H](C)[C@@H]1O. The van der Waals surface area contributed by atoms with Crippen LogP contribution in [-0.4, -0.2) is 213 Å². The fourth-order valence-electron chi connectivity index (χ4n) is 6.79. The maximum Gasteiger partial charge on any atom is 0.217 e. The van der Waals surface area contributed by atoms with Crippen LogP contribution in [0.1, 0.15) is 20.8 Å². The molecule has 314 valence electrons. The van der Waals surface area contributed by atoms with Crippen LogP contribution in [0.15, 0.2) is 0 Å². The van der Waals surface area contributed by atoms with Gasteiger partial charge in [-0.05, 0) is 6.66 Å². The lowest BCUT2D eigenvalue weighted by Crippen LogP contribution is -2.70. The van der Waals surface area contributed by atoms with Gasteiger partial charge in [-0.1, -0.05) is 15.9 Å². The van der Waals surface area contributed by atoms with Crippen molar-refractivity contribution in [3.8, 4) is 0 Å². The van der Waals surface area contributed by atoms with E-state index in [-0.39, 0.29) is 0 Å². The normalized spacial score (nSPS) is 46.4. The Morgan fingerprint density at radius 1 is 0.574 bits per heavy atom. The third-order valence-corrected chi connectivity index (χ3v) is 10.6. The molecular formula is C30H54N2O20P2. The average molecular weight is 825 g/mol. The Hall–Kier alpha value is -0.920. The highest BCUT2D eigenvalue weighted by Crippen LogP contribution is 2.46. The quantitative estimate of drug-likeness (QED) is 0.0725. The van der Waals surface area contributed by atoms with Gasteiger partial charge in [0.25, 0.3) is 0 Å². The van der Waals surface area contributed by atoms with Crippen molar-refractivity contribution < 1.29 is 98.3 Å². The largest absolute Gasteiger partial charge is 0.394 e. The van der Waals surface area contributed by atoms with E-state index in [9.17, 15) is 60.7 Å². The summed E-state index contributed by atoms with van der Waals surface area (Å²) in [6.07, 6.45) is -26.8. The summed E-state index contributed by atoms with van der Waals surface area (Å²) in [5.74, 6) is -1.92. The minimum atomic E-state index is -1.89. The van der Waals surface area contributed by atoms with Crippen molar-refractivity contribution in [1.29, 1.82) is 0 Å². The third kappa shape index (κ3) is 10.4. The first kappa shape index (κ1) is 45.8. The van der Waals surface area contributed by atoms with Gasteiger partial charge in [-0.25, -0.2) is 0 Å². The number of hydrogen-bond donors (Lipinski definition) is 12. The van der Waals surface area contributed by atoms with Crippen molar-refractivity contribution in [2.24, 2.45) is 5.92 Å². The number of carbonyl (C=O) groups is 2. The lowest BCUT2D eigenvalue weighted by molar-refractivity contribution is -0.374. The zero-order valence-corrected chi connectivity index (χ0v) is 32.0.